The van der Waals surface area contributed by atoms with Crippen LogP contribution in [0, 0.1) is 5.92 Å². The first kappa shape index (κ1) is 20.6. The van der Waals surface area contributed by atoms with Crippen LogP contribution in [0.4, 0.5) is 11.6 Å². The number of carbonyl (C=O) groups excluding carboxylic acids is 1. The van der Waals surface area contributed by atoms with Crippen molar-refractivity contribution in [1.82, 2.24) is 15.3 Å². The molecular weight excluding hydrogens is 378 g/mol. The van der Waals surface area contributed by atoms with Crippen molar-refractivity contribution in [3.05, 3.63) is 51.9 Å². The Labute approximate surface area is 177 Å². The van der Waals surface area contributed by atoms with Crippen LogP contribution < -0.4 is 20.7 Å². The molecule has 0 saturated carbocycles. The maximum Gasteiger partial charge on any atom is 0.252 e. The number of anilines is 2. The number of amides is 1. The third kappa shape index (κ3) is 4.73. The summed E-state index contributed by atoms with van der Waals surface area (Å²) in [5.41, 5.74) is 2.74. The highest BCUT2D eigenvalue weighted by Crippen LogP contribution is 2.22. The van der Waals surface area contributed by atoms with E-state index >= 15 is 0 Å². The molecule has 7 nitrogen and oxygen atoms in total. The van der Waals surface area contributed by atoms with Gasteiger partial charge in [0.2, 0.25) is 11.9 Å². The first-order valence-electron chi connectivity index (χ1n) is 11.0. The molecule has 2 fully saturated rings. The molecule has 160 valence electrons. The van der Waals surface area contributed by atoms with E-state index in [1.807, 2.05) is 36.1 Å². The molecule has 0 bridgehead atoms. The van der Waals surface area contributed by atoms with Crippen LogP contribution in [0.15, 0.2) is 35.1 Å². The molecule has 0 aliphatic carbocycles. The number of aromatic amines is 1. The van der Waals surface area contributed by atoms with Gasteiger partial charge in [0.05, 0.1) is 5.69 Å². The molecule has 30 heavy (non-hydrogen) atoms. The molecule has 0 spiro atoms. The largest absolute Gasteiger partial charge is 0.342 e. The zero-order valence-corrected chi connectivity index (χ0v) is 17.9. The lowest BCUT2D eigenvalue weighted by atomic mass is 10.00. The molecule has 4 rings (SSSR count). The van der Waals surface area contributed by atoms with Crippen LogP contribution in [0.3, 0.4) is 0 Å². The van der Waals surface area contributed by atoms with Crippen molar-refractivity contribution in [2.75, 3.05) is 29.4 Å². The van der Waals surface area contributed by atoms with Crippen LogP contribution in [-0.4, -0.2) is 35.5 Å². The highest BCUT2D eigenvalue weighted by molar-refractivity contribution is 5.95. The van der Waals surface area contributed by atoms with Crippen LogP contribution in [-0.2, 0) is 11.3 Å². The summed E-state index contributed by atoms with van der Waals surface area (Å²) in [6.45, 7) is 7.63. The van der Waals surface area contributed by atoms with Gasteiger partial charge in [-0.15, -0.1) is 0 Å². The van der Waals surface area contributed by atoms with Crippen LogP contribution in [0.25, 0.3) is 0 Å². The van der Waals surface area contributed by atoms with E-state index in [0.717, 1.165) is 61.8 Å². The van der Waals surface area contributed by atoms with Gasteiger partial charge in [-0.2, -0.15) is 0 Å². The highest BCUT2D eigenvalue weighted by Gasteiger charge is 2.22. The minimum atomic E-state index is -0.109. The Kier molecular flexibility index (Phi) is 6.18. The van der Waals surface area contributed by atoms with Gasteiger partial charge < -0.3 is 15.1 Å². The molecule has 2 saturated heterocycles. The van der Waals surface area contributed by atoms with E-state index in [-0.39, 0.29) is 17.5 Å². The van der Waals surface area contributed by atoms with Crippen LogP contribution in [0.1, 0.15) is 56.8 Å². The van der Waals surface area contributed by atoms with Crippen LogP contribution >= 0.6 is 0 Å². The number of hydrogen-bond acceptors (Lipinski definition) is 5. The number of hydrogen-bond donors (Lipinski definition) is 2. The Morgan fingerprint density at radius 2 is 1.90 bits per heavy atom. The van der Waals surface area contributed by atoms with Crippen molar-refractivity contribution in [3.8, 4) is 0 Å². The summed E-state index contributed by atoms with van der Waals surface area (Å²) >= 11 is 0. The first-order chi connectivity index (χ1) is 14.5. The lowest BCUT2D eigenvalue weighted by molar-refractivity contribution is -0.117. The predicted molar refractivity (Wildman–Crippen MR) is 119 cm³/mol. The average Bonchev–Trinajstić information content (AvgIpc) is 3.18. The van der Waals surface area contributed by atoms with E-state index in [0.29, 0.717) is 18.9 Å². The van der Waals surface area contributed by atoms with Crippen molar-refractivity contribution in [2.45, 2.75) is 52.1 Å². The Balaban J connectivity index is 1.38. The third-order valence-electron chi connectivity index (χ3n) is 6.21. The fourth-order valence-corrected chi connectivity index (χ4v) is 4.15. The predicted octanol–water partition coefficient (Wildman–Crippen LogP) is 2.98. The lowest BCUT2D eigenvalue weighted by Crippen LogP contribution is -2.35. The first-order valence-corrected chi connectivity index (χ1v) is 11.0. The summed E-state index contributed by atoms with van der Waals surface area (Å²) < 4.78 is 0. The number of rotatable bonds is 6. The van der Waals surface area contributed by atoms with Gasteiger partial charge in [-0.3, -0.25) is 14.6 Å². The van der Waals surface area contributed by atoms with Crippen molar-refractivity contribution < 1.29 is 4.79 Å². The van der Waals surface area contributed by atoms with Crippen molar-refractivity contribution >= 4 is 17.5 Å². The van der Waals surface area contributed by atoms with Gasteiger partial charge in [-0.05, 0) is 49.8 Å². The second-order valence-electron chi connectivity index (χ2n) is 8.58. The second-order valence-corrected chi connectivity index (χ2v) is 8.58. The number of aromatic nitrogens is 2. The van der Waals surface area contributed by atoms with Gasteiger partial charge in [0.15, 0.2) is 0 Å². The van der Waals surface area contributed by atoms with Gasteiger partial charge in [0.25, 0.3) is 5.56 Å². The van der Waals surface area contributed by atoms with Gasteiger partial charge in [-0.25, -0.2) is 4.98 Å². The molecule has 1 aromatic carbocycles. The Morgan fingerprint density at radius 3 is 2.57 bits per heavy atom. The van der Waals surface area contributed by atoms with E-state index in [1.54, 1.807) is 6.07 Å². The minimum absolute atomic E-state index is 0.0467. The molecule has 7 heteroatoms. The molecule has 1 atom stereocenters. The summed E-state index contributed by atoms with van der Waals surface area (Å²) in [7, 11) is 0. The van der Waals surface area contributed by atoms with E-state index < -0.39 is 0 Å². The number of nitrogens with one attached hydrogen (secondary N) is 2. The number of nitrogens with zero attached hydrogens (tertiary/aromatic N) is 3. The number of piperidine rings is 1. The highest BCUT2D eigenvalue weighted by atomic mass is 16.2. The third-order valence-corrected chi connectivity index (χ3v) is 6.21. The zero-order chi connectivity index (χ0) is 21.1. The van der Waals surface area contributed by atoms with Crippen molar-refractivity contribution in [3.63, 3.8) is 0 Å². The average molecular weight is 410 g/mol. The monoisotopic (exact) mass is 409 g/mol. The molecule has 2 aliphatic rings. The minimum Gasteiger partial charge on any atom is -0.342 e. The number of benzene rings is 1. The summed E-state index contributed by atoms with van der Waals surface area (Å²) in [4.78, 5) is 35.8. The maximum atomic E-state index is 12.2. The molecule has 2 aliphatic heterocycles. The maximum absolute atomic E-state index is 12.2. The molecule has 1 aromatic heterocycles. The normalized spacial score (nSPS) is 18.8. The fraction of sp³-hybridized carbons (Fsp3) is 0.522. The van der Waals surface area contributed by atoms with Gasteiger partial charge in [-0.1, -0.05) is 19.1 Å². The molecule has 2 N–H and O–H groups in total. The van der Waals surface area contributed by atoms with E-state index in [2.05, 4.69) is 22.1 Å². The summed E-state index contributed by atoms with van der Waals surface area (Å²) in [6.07, 6.45) is 3.82. The van der Waals surface area contributed by atoms with Crippen molar-refractivity contribution in [2.24, 2.45) is 5.92 Å². The quantitative estimate of drug-likeness (QED) is 0.767. The van der Waals surface area contributed by atoms with Crippen LogP contribution in [0.5, 0.6) is 0 Å². The Hall–Kier alpha value is -2.67. The van der Waals surface area contributed by atoms with Crippen molar-refractivity contribution in [1.29, 1.82) is 0 Å². The fourth-order valence-electron chi connectivity index (χ4n) is 4.15. The SMILES string of the molecule is CC1CCN(c2nc([C@H](C)NCc3ccc(N4CCCC4=O)cc3)cc(=O)[nH]2)CC1. The second kappa shape index (κ2) is 9.00. The molecule has 0 unspecified atom stereocenters. The summed E-state index contributed by atoms with van der Waals surface area (Å²) in [5.74, 6) is 1.61. The van der Waals surface area contributed by atoms with Gasteiger partial charge in [0, 0.05) is 50.4 Å². The molecular formula is C23H31N5O2. The molecule has 0 radical (unpaired) electrons. The number of H-pyrrole nitrogens is 1. The standard InChI is InChI=1S/C23H31N5O2/c1-16-9-12-27(13-10-16)23-25-20(14-21(29)26-23)17(2)24-15-18-5-7-19(8-6-18)28-11-3-4-22(28)30/h5-8,14,16-17,24H,3-4,9-13,15H2,1-2H3,(H,25,26,29)/t17-/m0/s1. The smallest absolute Gasteiger partial charge is 0.252 e. The molecule has 1 amide bonds. The zero-order valence-electron chi connectivity index (χ0n) is 17.9. The van der Waals surface area contributed by atoms with E-state index in [1.165, 1.54) is 0 Å². The Bertz CT molecular complexity index is 931. The van der Waals surface area contributed by atoms with Gasteiger partial charge >= 0.3 is 0 Å². The summed E-state index contributed by atoms with van der Waals surface area (Å²) in [5, 5.41) is 3.46. The van der Waals surface area contributed by atoms with Crippen LogP contribution in [0.2, 0.25) is 0 Å². The molecule has 3 heterocycles. The molecule has 2 aromatic rings. The van der Waals surface area contributed by atoms with E-state index in [4.69, 9.17) is 4.98 Å². The topological polar surface area (TPSA) is 81.3 Å². The van der Waals surface area contributed by atoms with E-state index in [9.17, 15) is 9.59 Å². The Morgan fingerprint density at radius 1 is 1.17 bits per heavy atom. The van der Waals surface area contributed by atoms with Gasteiger partial charge in [0.1, 0.15) is 0 Å². The lowest BCUT2D eigenvalue weighted by Gasteiger charge is -2.31. The summed E-state index contributed by atoms with van der Waals surface area (Å²) in [6, 6.07) is 9.64. The number of carbonyl (C=O) groups is 1.